The first-order chi connectivity index (χ1) is 8.14. The SMILES string of the molecule is Clc1nc(Cl)n(C23CC4CC(CC(C4)C2)C3)n1. The number of hydrogen-bond acceptors (Lipinski definition) is 2. The fraction of sp³-hybridized carbons (Fsp3) is 0.833. The molecule has 4 aliphatic carbocycles. The van der Waals surface area contributed by atoms with Crippen molar-refractivity contribution in [3.63, 3.8) is 0 Å². The molecule has 1 heterocycles. The molecule has 1 aromatic rings. The van der Waals surface area contributed by atoms with Gasteiger partial charge in [-0.15, -0.1) is 5.10 Å². The van der Waals surface area contributed by atoms with E-state index >= 15 is 0 Å². The Labute approximate surface area is 110 Å². The van der Waals surface area contributed by atoms with Crippen LogP contribution in [0.25, 0.3) is 0 Å². The van der Waals surface area contributed by atoms with Gasteiger partial charge in [0.1, 0.15) is 0 Å². The fourth-order valence-electron chi connectivity index (χ4n) is 4.90. The molecule has 3 nitrogen and oxygen atoms in total. The van der Waals surface area contributed by atoms with Crippen LogP contribution in [0.3, 0.4) is 0 Å². The Bertz CT molecular complexity index is 433. The number of hydrogen-bond donors (Lipinski definition) is 0. The summed E-state index contributed by atoms with van der Waals surface area (Å²) >= 11 is 12.1. The van der Waals surface area contributed by atoms with Gasteiger partial charge in [0.25, 0.3) is 0 Å². The van der Waals surface area contributed by atoms with E-state index in [1.54, 1.807) is 0 Å². The highest BCUT2D eigenvalue weighted by atomic mass is 35.5. The summed E-state index contributed by atoms with van der Waals surface area (Å²) in [5.74, 6) is 2.63. The molecule has 92 valence electrons. The highest BCUT2D eigenvalue weighted by Crippen LogP contribution is 2.59. The second-order valence-electron chi connectivity index (χ2n) is 6.20. The molecule has 0 amide bonds. The zero-order valence-electron chi connectivity index (χ0n) is 9.57. The minimum absolute atomic E-state index is 0.131. The van der Waals surface area contributed by atoms with E-state index in [1.807, 2.05) is 4.68 Å². The van der Waals surface area contributed by atoms with Crippen LogP contribution in [0, 0.1) is 17.8 Å². The van der Waals surface area contributed by atoms with E-state index in [0.717, 1.165) is 17.8 Å². The van der Waals surface area contributed by atoms with Crippen LogP contribution in [-0.4, -0.2) is 14.8 Å². The Balaban J connectivity index is 1.79. The average Bonchev–Trinajstić information content (AvgIpc) is 2.56. The summed E-state index contributed by atoms with van der Waals surface area (Å²) in [6, 6.07) is 0. The van der Waals surface area contributed by atoms with Crippen LogP contribution in [0.5, 0.6) is 0 Å². The molecule has 17 heavy (non-hydrogen) atoms. The minimum atomic E-state index is 0.131. The van der Waals surface area contributed by atoms with Crippen LogP contribution in [0.4, 0.5) is 0 Å². The summed E-state index contributed by atoms with van der Waals surface area (Å²) in [6.45, 7) is 0. The third-order valence-corrected chi connectivity index (χ3v) is 5.40. The van der Waals surface area contributed by atoms with Crippen LogP contribution in [0.15, 0.2) is 0 Å². The summed E-state index contributed by atoms with van der Waals surface area (Å²) < 4.78 is 1.93. The second kappa shape index (κ2) is 3.39. The van der Waals surface area contributed by atoms with Crippen LogP contribution < -0.4 is 0 Å². The van der Waals surface area contributed by atoms with E-state index in [9.17, 15) is 0 Å². The maximum Gasteiger partial charge on any atom is 0.243 e. The number of rotatable bonds is 1. The van der Waals surface area contributed by atoms with Crippen LogP contribution in [0.2, 0.25) is 10.6 Å². The molecule has 0 aliphatic heterocycles. The molecule has 4 aliphatic rings. The van der Waals surface area contributed by atoms with E-state index < -0.39 is 0 Å². The van der Waals surface area contributed by atoms with Crippen molar-refractivity contribution in [3.8, 4) is 0 Å². The lowest BCUT2D eigenvalue weighted by molar-refractivity contribution is -0.0493. The highest BCUT2D eigenvalue weighted by Gasteiger charge is 2.53. The predicted octanol–water partition coefficient (Wildman–Crippen LogP) is 3.51. The van der Waals surface area contributed by atoms with Gasteiger partial charge < -0.3 is 0 Å². The summed E-state index contributed by atoms with van der Waals surface area (Å²) in [6.07, 6.45) is 7.91. The van der Waals surface area contributed by atoms with Crippen LogP contribution in [0.1, 0.15) is 38.5 Å². The average molecular weight is 272 g/mol. The van der Waals surface area contributed by atoms with Gasteiger partial charge in [-0.1, -0.05) is 0 Å². The first kappa shape index (κ1) is 10.6. The van der Waals surface area contributed by atoms with Gasteiger partial charge in [0.15, 0.2) is 0 Å². The molecule has 4 saturated carbocycles. The standard InChI is InChI=1S/C12H15Cl2N3/c13-10-15-11(14)17(16-10)12-4-7-1-8(5-12)3-9(2-7)6-12/h7-9H,1-6H2. The van der Waals surface area contributed by atoms with Crippen LogP contribution >= 0.6 is 23.2 Å². The van der Waals surface area contributed by atoms with E-state index in [2.05, 4.69) is 10.1 Å². The molecule has 5 heteroatoms. The highest BCUT2D eigenvalue weighted by molar-refractivity contribution is 6.31. The van der Waals surface area contributed by atoms with Crippen molar-refractivity contribution in [2.45, 2.75) is 44.1 Å². The zero-order valence-corrected chi connectivity index (χ0v) is 11.1. The van der Waals surface area contributed by atoms with E-state index in [0.29, 0.717) is 5.28 Å². The van der Waals surface area contributed by atoms with Gasteiger partial charge in [0.2, 0.25) is 10.6 Å². The van der Waals surface area contributed by atoms with Crippen molar-refractivity contribution < 1.29 is 0 Å². The first-order valence-corrected chi connectivity index (χ1v) is 7.19. The smallest absolute Gasteiger partial charge is 0.229 e. The van der Waals surface area contributed by atoms with Crippen LogP contribution in [-0.2, 0) is 5.54 Å². The number of nitrogens with zero attached hydrogens (tertiary/aromatic N) is 3. The topological polar surface area (TPSA) is 30.7 Å². The molecule has 0 unspecified atom stereocenters. The van der Waals surface area contributed by atoms with Gasteiger partial charge >= 0.3 is 0 Å². The Morgan fingerprint density at radius 1 is 1.00 bits per heavy atom. The lowest BCUT2D eigenvalue weighted by Crippen LogP contribution is -2.52. The van der Waals surface area contributed by atoms with Gasteiger partial charge in [-0.05, 0) is 79.5 Å². The summed E-state index contributed by atoms with van der Waals surface area (Å²) in [7, 11) is 0. The van der Waals surface area contributed by atoms with Gasteiger partial charge in [-0.3, -0.25) is 0 Å². The minimum Gasteiger partial charge on any atom is -0.229 e. The Morgan fingerprint density at radius 2 is 1.53 bits per heavy atom. The summed E-state index contributed by atoms with van der Waals surface area (Å²) in [5, 5.41) is 5.09. The lowest BCUT2D eigenvalue weighted by atomic mass is 9.53. The van der Waals surface area contributed by atoms with Crippen molar-refractivity contribution in [3.05, 3.63) is 10.6 Å². The summed E-state index contributed by atoms with van der Waals surface area (Å²) in [4.78, 5) is 4.05. The molecule has 5 rings (SSSR count). The molecule has 0 aromatic carbocycles. The molecule has 0 saturated heterocycles. The second-order valence-corrected chi connectivity index (χ2v) is 6.88. The third-order valence-electron chi connectivity index (χ3n) is 5.00. The van der Waals surface area contributed by atoms with Gasteiger partial charge in [-0.2, -0.15) is 4.98 Å². The molecule has 0 atom stereocenters. The molecular weight excluding hydrogens is 257 g/mol. The van der Waals surface area contributed by atoms with E-state index in [-0.39, 0.29) is 10.8 Å². The Morgan fingerprint density at radius 3 is 1.94 bits per heavy atom. The van der Waals surface area contributed by atoms with Gasteiger partial charge in [-0.25, -0.2) is 4.68 Å². The summed E-state index contributed by atoms with van der Waals surface area (Å²) in [5.41, 5.74) is 0.131. The van der Waals surface area contributed by atoms with Crippen molar-refractivity contribution in [1.29, 1.82) is 0 Å². The largest absolute Gasteiger partial charge is 0.243 e. The van der Waals surface area contributed by atoms with Crippen molar-refractivity contribution in [2.24, 2.45) is 17.8 Å². The number of aromatic nitrogens is 3. The maximum atomic E-state index is 6.19. The first-order valence-electron chi connectivity index (χ1n) is 6.43. The maximum absolute atomic E-state index is 6.19. The number of halogens is 2. The molecule has 0 spiro atoms. The van der Waals surface area contributed by atoms with Crippen molar-refractivity contribution in [1.82, 2.24) is 14.8 Å². The van der Waals surface area contributed by atoms with Gasteiger partial charge in [0.05, 0.1) is 5.54 Å². The predicted molar refractivity (Wildman–Crippen MR) is 66.2 cm³/mol. The van der Waals surface area contributed by atoms with E-state index in [4.69, 9.17) is 23.2 Å². The lowest BCUT2D eigenvalue weighted by Gasteiger charge is -2.56. The zero-order chi connectivity index (χ0) is 11.6. The Hall–Kier alpha value is -0.280. The Kier molecular flexibility index (Phi) is 2.12. The molecule has 4 fully saturated rings. The van der Waals surface area contributed by atoms with Crippen molar-refractivity contribution >= 4 is 23.2 Å². The van der Waals surface area contributed by atoms with E-state index in [1.165, 1.54) is 38.5 Å². The molecule has 0 N–H and O–H groups in total. The molecule has 4 bridgehead atoms. The quantitative estimate of drug-likeness (QED) is 0.783. The van der Waals surface area contributed by atoms with Gasteiger partial charge in [0, 0.05) is 0 Å². The molecular formula is C12H15Cl2N3. The van der Waals surface area contributed by atoms with Crippen molar-refractivity contribution in [2.75, 3.05) is 0 Å². The third kappa shape index (κ3) is 1.48. The monoisotopic (exact) mass is 271 g/mol. The fourth-order valence-corrected chi connectivity index (χ4v) is 5.39. The normalized spacial score (nSPS) is 43.3. The molecule has 1 aromatic heterocycles. The molecule has 0 radical (unpaired) electrons.